The van der Waals surface area contributed by atoms with Gasteiger partial charge >= 0.3 is 6.03 Å². The summed E-state index contributed by atoms with van der Waals surface area (Å²) in [5.41, 5.74) is 0.294. The second-order valence-corrected chi connectivity index (χ2v) is 3.12. The fraction of sp³-hybridized carbons (Fsp3) is 0.222. The average molecular weight is 211 g/mol. The third-order valence-electron chi connectivity index (χ3n) is 2.01. The lowest BCUT2D eigenvalue weighted by atomic mass is 10.1. The minimum Gasteiger partial charge on any atom is -0.311 e. The van der Waals surface area contributed by atoms with Gasteiger partial charge in [0, 0.05) is 12.5 Å². The molecule has 4 nitrogen and oxygen atoms in total. The van der Waals surface area contributed by atoms with Crippen LogP contribution in [0.2, 0.25) is 0 Å². The van der Waals surface area contributed by atoms with E-state index in [1.165, 1.54) is 6.07 Å². The first-order valence-corrected chi connectivity index (χ1v) is 4.30. The summed E-state index contributed by atoms with van der Waals surface area (Å²) in [7, 11) is 0. The number of nitrogens with one attached hydrogen (secondary N) is 1. The fourth-order valence-corrected chi connectivity index (χ4v) is 1.31. The molecule has 1 heterocycles. The van der Waals surface area contributed by atoms with Gasteiger partial charge in [0.15, 0.2) is 0 Å². The van der Waals surface area contributed by atoms with E-state index in [1.54, 1.807) is 0 Å². The zero-order valence-corrected chi connectivity index (χ0v) is 7.58. The number of urea groups is 1. The van der Waals surface area contributed by atoms with E-state index < -0.39 is 23.8 Å². The van der Waals surface area contributed by atoms with Crippen molar-refractivity contribution in [2.45, 2.75) is 12.6 Å². The molecule has 6 heteroatoms. The third-order valence-corrected chi connectivity index (χ3v) is 2.01. The molecule has 0 saturated carbocycles. The third kappa shape index (κ3) is 2.15. The van der Waals surface area contributed by atoms with E-state index in [2.05, 4.69) is 15.5 Å². The van der Waals surface area contributed by atoms with Crippen molar-refractivity contribution >= 4 is 6.03 Å². The van der Waals surface area contributed by atoms with E-state index in [0.29, 0.717) is 5.56 Å². The van der Waals surface area contributed by atoms with Crippen molar-refractivity contribution in [1.29, 1.82) is 0 Å². The van der Waals surface area contributed by atoms with Gasteiger partial charge < -0.3 is 5.32 Å². The number of halogens is 2. The van der Waals surface area contributed by atoms with Crippen LogP contribution in [0, 0.1) is 11.6 Å². The van der Waals surface area contributed by atoms with Crippen LogP contribution in [0.25, 0.3) is 0 Å². The Labute approximate surface area is 84.0 Å². The van der Waals surface area contributed by atoms with Crippen LogP contribution in [0.5, 0.6) is 0 Å². The Balaban J connectivity index is 2.11. The van der Waals surface area contributed by atoms with Crippen LogP contribution in [0.15, 0.2) is 28.4 Å². The highest BCUT2D eigenvalue weighted by Crippen LogP contribution is 2.13. The van der Waals surface area contributed by atoms with Crippen LogP contribution in [0.4, 0.5) is 13.6 Å². The maximum atomic E-state index is 13.2. The molecule has 1 aromatic carbocycles. The summed E-state index contributed by atoms with van der Waals surface area (Å²) < 4.78 is 25.7. The Morgan fingerprint density at radius 2 is 2.20 bits per heavy atom. The number of nitrogens with zero attached hydrogens (tertiary/aromatic N) is 2. The van der Waals surface area contributed by atoms with Gasteiger partial charge in [-0.25, -0.2) is 13.6 Å². The number of rotatable bonds is 2. The molecule has 1 aliphatic rings. The van der Waals surface area contributed by atoms with Crippen molar-refractivity contribution in [2.24, 2.45) is 10.2 Å². The van der Waals surface area contributed by atoms with Gasteiger partial charge in [0.25, 0.3) is 0 Å². The molecule has 1 atom stereocenters. The van der Waals surface area contributed by atoms with Gasteiger partial charge in [-0.05, 0) is 11.6 Å². The maximum Gasteiger partial charge on any atom is 0.361 e. The maximum absolute atomic E-state index is 13.2. The Kier molecular flexibility index (Phi) is 2.40. The van der Waals surface area contributed by atoms with E-state index >= 15 is 0 Å². The molecule has 2 amide bonds. The van der Waals surface area contributed by atoms with Crippen molar-refractivity contribution in [1.82, 2.24) is 5.32 Å². The Morgan fingerprint density at radius 1 is 1.40 bits per heavy atom. The van der Waals surface area contributed by atoms with E-state index in [4.69, 9.17) is 0 Å². The number of amides is 2. The predicted octanol–water partition coefficient (Wildman–Crippen LogP) is 2.01. The first-order chi connectivity index (χ1) is 7.15. The molecule has 1 aliphatic heterocycles. The molecule has 0 fully saturated rings. The second-order valence-electron chi connectivity index (χ2n) is 3.12. The highest BCUT2D eigenvalue weighted by Gasteiger charge is 2.19. The van der Waals surface area contributed by atoms with Crippen molar-refractivity contribution in [3.05, 3.63) is 35.4 Å². The second kappa shape index (κ2) is 3.72. The Bertz CT molecular complexity index is 433. The van der Waals surface area contributed by atoms with E-state index in [1.807, 2.05) is 0 Å². The predicted molar refractivity (Wildman–Crippen MR) is 47.2 cm³/mol. The Hall–Kier alpha value is -1.85. The van der Waals surface area contributed by atoms with Gasteiger partial charge in [-0.2, -0.15) is 5.11 Å². The first kappa shape index (κ1) is 9.70. The summed E-state index contributed by atoms with van der Waals surface area (Å²) in [6.07, 6.45) is -0.390. The molecule has 0 radical (unpaired) electrons. The molecule has 0 aromatic heterocycles. The molecule has 1 unspecified atom stereocenters. The molecule has 2 rings (SSSR count). The number of azo groups is 1. The molecule has 15 heavy (non-hydrogen) atoms. The summed E-state index contributed by atoms with van der Waals surface area (Å²) in [5.74, 6) is -1.28. The number of carbonyl (C=O) groups excluding carboxylic acids is 1. The van der Waals surface area contributed by atoms with Crippen LogP contribution in [0.3, 0.4) is 0 Å². The largest absolute Gasteiger partial charge is 0.361 e. The number of benzene rings is 1. The van der Waals surface area contributed by atoms with Crippen LogP contribution in [-0.2, 0) is 6.42 Å². The molecule has 0 aliphatic carbocycles. The van der Waals surface area contributed by atoms with Gasteiger partial charge in [-0.15, -0.1) is 0 Å². The minimum atomic E-state index is -0.647. The van der Waals surface area contributed by atoms with E-state index in [0.717, 1.165) is 12.1 Å². The molecule has 1 aromatic rings. The van der Waals surface area contributed by atoms with Crippen LogP contribution in [0.1, 0.15) is 5.56 Å². The lowest BCUT2D eigenvalue weighted by Gasteiger charge is -2.06. The molecular formula is C9H7F2N3O. The monoisotopic (exact) mass is 211 g/mol. The number of hydrogen-bond acceptors (Lipinski definition) is 2. The van der Waals surface area contributed by atoms with Crippen molar-refractivity contribution in [2.75, 3.05) is 0 Å². The number of carbonyl (C=O) groups is 1. The summed E-state index contributed by atoms with van der Waals surface area (Å²) >= 11 is 0. The highest BCUT2D eigenvalue weighted by atomic mass is 19.1. The quantitative estimate of drug-likeness (QED) is 0.799. The molecule has 0 saturated heterocycles. The van der Waals surface area contributed by atoms with E-state index in [-0.39, 0.29) is 6.42 Å². The molecule has 78 valence electrons. The van der Waals surface area contributed by atoms with Crippen molar-refractivity contribution < 1.29 is 13.6 Å². The smallest absolute Gasteiger partial charge is 0.311 e. The molecule has 0 bridgehead atoms. The van der Waals surface area contributed by atoms with Gasteiger partial charge in [0.2, 0.25) is 0 Å². The molecule has 0 spiro atoms. The minimum absolute atomic E-state index is 0.168. The summed E-state index contributed by atoms with van der Waals surface area (Å²) in [4.78, 5) is 10.7. The lowest BCUT2D eigenvalue weighted by Crippen LogP contribution is -2.27. The van der Waals surface area contributed by atoms with Crippen molar-refractivity contribution in [3.63, 3.8) is 0 Å². The van der Waals surface area contributed by atoms with Crippen LogP contribution < -0.4 is 5.32 Å². The summed E-state index contributed by atoms with van der Waals surface area (Å²) in [6, 6.07) is 2.74. The van der Waals surface area contributed by atoms with Crippen molar-refractivity contribution in [3.8, 4) is 0 Å². The zero-order chi connectivity index (χ0) is 10.8. The van der Waals surface area contributed by atoms with E-state index in [9.17, 15) is 13.6 Å². The van der Waals surface area contributed by atoms with Crippen LogP contribution in [-0.4, -0.2) is 12.2 Å². The average Bonchev–Trinajstić information content (AvgIpc) is 2.56. The summed E-state index contributed by atoms with van der Waals surface area (Å²) in [6.45, 7) is 0. The lowest BCUT2D eigenvalue weighted by molar-refractivity contribution is 0.250. The molecule has 1 N–H and O–H groups in total. The Morgan fingerprint density at radius 3 is 2.80 bits per heavy atom. The highest BCUT2D eigenvalue weighted by molar-refractivity contribution is 5.75. The van der Waals surface area contributed by atoms with Gasteiger partial charge in [0.05, 0.1) is 0 Å². The van der Waals surface area contributed by atoms with Gasteiger partial charge in [0.1, 0.15) is 17.8 Å². The zero-order valence-electron chi connectivity index (χ0n) is 7.58. The molecular weight excluding hydrogens is 204 g/mol. The van der Waals surface area contributed by atoms with Gasteiger partial charge in [-0.1, -0.05) is 11.2 Å². The number of hydrogen-bond donors (Lipinski definition) is 1. The topological polar surface area (TPSA) is 53.8 Å². The SMILES string of the molecule is O=C1N=NC(Cc2ccc(F)cc2F)N1. The first-order valence-electron chi connectivity index (χ1n) is 4.30. The van der Waals surface area contributed by atoms with Gasteiger partial charge in [-0.3, -0.25) is 0 Å². The standard InChI is InChI=1S/C9H7F2N3O/c10-6-2-1-5(7(11)4-6)3-8-12-9(15)14-13-8/h1-2,4,8H,3H2,(H,12,15). The fourth-order valence-electron chi connectivity index (χ4n) is 1.31. The summed E-state index contributed by atoms with van der Waals surface area (Å²) in [5, 5.41) is 9.23. The van der Waals surface area contributed by atoms with Crippen LogP contribution >= 0.6 is 0 Å². The normalized spacial score (nSPS) is 19.3.